The van der Waals surface area contributed by atoms with Crippen LogP contribution in [0, 0.1) is 11.5 Å². The summed E-state index contributed by atoms with van der Waals surface area (Å²) in [6.07, 6.45) is 4.81. The van der Waals surface area contributed by atoms with Gasteiger partial charge >= 0.3 is 24.2 Å². The van der Waals surface area contributed by atoms with Crippen molar-refractivity contribution >= 4 is 58.8 Å². The van der Waals surface area contributed by atoms with Crippen LogP contribution >= 0.6 is 0 Å². The summed E-state index contributed by atoms with van der Waals surface area (Å²) in [6.45, 7) is 0.785. The summed E-state index contributed by atoms with van der Waals surface area (Å²) in [5.74, 6) is 0.488. The van der Waals surface area contributed by atoms with E-state index in [1.807, 2.05) is 97.1 Å². The van der Waals surface area contributed by atoms with Gasteiger partial charge in [0.15, 0.2) is 0 Å². The average molecular weight is 895 g/mol. The van der Waals surface area contributed by atoms with Crippen LogP contribution < -0.4 is 36.6 Å². The van der Waals surface area contributed by atoms with Gasteiger partial charge in [-0.15, -0.1) is 5.26 Å². The number of benzene rings is 6. The molecule has 334 valence electrons. The summed E-state index contributed by atoms with van der Waals surface area (Å²) in [7, 11) is 0. The minimum absolute atomic E-state index is 0.105. The summed E-state index contributed by atoms with van der Waals surface area (Å²) >= 11 is 0. The Hall–Kier alpha value is -8.93. The van der Waals surface area contributed by atoms with Gasteiger partial charge in [0, 0.05) is 35.8 Å². The number of carbonyl (C=O) groups is 4. The number of hydrogen-bond donors (Lipinski definition) is 6. The lowest BCUT2D eigenvalue weighted by Crippen LogP contribution is -2.30. The number of anilines is 4. The molecule has 0 spiro atoms. The van der Waals surface area contributed by atoms with E-state index in [4.69, 9.17) is 19.5 Å². The first kappa shape index (κ1) is 43.3. The van der Waals surface area contributed by atoms with Gasteiger partial charge in [0.25, 0.3) is 6.26 Å². The Morgan fingerprint density at radius 3 is 1.33 bits per heavy atom. The number of nitrogens with zero attached hydrogens (tertiary/aromatic N) is 2. The number of urea groups is 2. The first-order chi connectivity index (χ1) is 32.7. The van der Waals surface area contributed by atoms with Gasteiger partial charge < -0.3 is 35.5 Å². The molecule has 0 radical (unpaired) electrons. The zero-order chi connectivity index (χ0) is 46.3. The molecule has 3 aliphatic rings. The first-order valence-corrected chi connectivity index (χ1v) is 21.6. The highest BCUT2D eigenvalue weighted by Gasteiger charge is 2.23. The molecule has 6 N–H and O–H groups in total. The van der Waals surface area contributed by atoms with Crippen molar-refractivity contribution in [2.45, 2.75) is 32.1 Å². The lowest BCUT2D eigenvalue weighted by atomic mass is 10.1. The second-order valence-corrected chi connectivity index (χ2v) is 16.1. The largest absolute Gasteiger partial charge is 0.449 e. The summed E-state index contributed by atoms with van der Waals surface area (Å²) in [5, 5.41) is 25.6. The number of nitrogens with one attached hydrogen (secondary N) is 6. The molecule has 0 saturated carbocycles. The van der Waals surface area contributed by atoms with E-state index in [0.717, 1.165) is 66.8 Å². The molecular formula is C51H42N8O8. The van der Waals surface area contributed by atoms with Crippen LogP contribution in [0.3, 0.4) is 0 Å². The van der Waals surface area contributed by atoms with E-state index in [1.165, 1.54) is 0 Å². The zero-order valence-corrected chi connectivity index (χ0v) is 35.9. The Bertz CT molecular complexity index is 3070. The minimum atomic E-state index is -0.597. The van der Waals surface area contributed by atoms with Gasteiger partial charge in [-0.2, -0.15) is 4.99 Å². The van der Waals surface area contributed by atoms with Gasteiger partial charge in [-0.05, 0) is 172 Å². The Morgan fingerprint density at radius 2 is 0.896 bits per heavy atom. The normalized spacial score (nSPS) is 11.7. The molecule has 0 saturated heterocycles. The number of aliphatic imine (C=N–C) groups is 1. The number of carbonyl (C=O) groups excluding carboxylic acids is 5. The van der Waals surface area contributed by atoms with Crippen molar-refractivity contribution in [2.24, 2.45) is 4.99 Å². The Balaban J connectivity index is 0.646. The highest BCUT2D eigenvalue weighted by molar-refractivity contribution is 5.93. The Kier molecular flexibility index (Phi) is 12.6. The van der Waals surface area contributed by atoms with E-state index >= 15 is 0 Å². The van der Waals surface area contributed by atoms with E-state index in [9.17, 15) is 24.0 Å². The van der Waals surface area contributed by atoms with E-state index in [0.29, 0.717) is 66.3 Å². The number of fused-ring (bicyclic) bond motifs is 9. The third-order valence-electron chi connectivity index (χ3n) is 11.6. The topological polar surface area (TPSA) is 221 Å². The maximum absolute atomic E-state index is 12.7. The molecule has 0 aliphatic heterocycles. The number of hydrogen-bond acceptors (Lipinski definition) is 10. The van der Waals surface area contributed by atoms with Gasteiger partial charge in [-0.25, -0.2) is 24.0 Å². The maximum atomic E-state index is 12.7. The predicted molar refractivity (Wildman–Crippen MR) is 251 cm³/mol. The highest BCUT2D eigenvalue weighted by atomic mass is 16.6. The van der Waals surface area contributed by atoms with Crippen molar-refractivity contribution in [3.63, 3.8) is 0 Å². The molecule has 0 atom stereocenters. The first-order valence-electron chi connectivity index (χ1n) is 21.6. The highest BCUT2D eigenvalue weighted by Crippen LogP contribution is 2.42. The monoisotopic (exact) mass is 894 g/mol. The fraction of sp³-hybridized carbons (Fsp3) is 0.176. The summed E-state index contributed by atoms with van der Waals surface area (Å²) < 4.78 is 15.6. The molecule has 0 bridgehead atoms. The van der Waals surface area contributed by atoms with Crippen LogP contribution in [-0.2, 0) is 33.5 Å². The molecule has 3 aliphatic carbocycles. The third-order valence-corrected chi connectivity index (χ3v) is 11.6. The molecular weight excluding hydrogens is 853 g/mol. The minimum Gasteiger partial charge on any atom is -0.449 e. The van der Waals surface area contributed by atoms with E-state index in [-0.39, 0.29) is 38.4 Å². The van der Waals surface area contributed by atoms with E-state index < -0.39 is 12.2 Å². The van der Waals surface area contributed by atoms with Crippen LogP contribution in [-0.4, -0.2) is 56.6 Å². The van der Waals surface area contributed by atoms with Crippen molar-refractivity contribution < 1.29 is 38.2 Å². The molecule has 6 aromatic carbocycles. The lowest BCUT2D eigenvalue weighted by Gasteiger charge is -2.11. The zero-order valence-electron chi connectivity index (χ0n) is 35.9. The Labute approximate surface area is 384 Å². The van der Waals surface area contributed by atoms with E-state index in [2.05, 4.69) is 36.9 Å². The van der Waals surface area contributed by atoms with Crippen LogP contribution in [0.25, 0.3) is 33.4 Å². The quantitative estimate of drug-likeness (QED) is 0.0264. The number of isocyanates is 1. The van der Waals surface area contributed by atoms with Crippen molar-refractivity contribution in [3.8, 4) is 45.4 Å². The number of amides is 6. The molecule has 6 amide bonds. The molecule has 16 nitrogen and oxygen atoms in total. The standard InChI is InChI=1S/C51H42N8O8/c52-28-67-41-8-14-47-35(27-41)21-34-26-40(7-13-46(34)47)59-51(64)66-18-2-16-54-49(62)57-38-5-11-44-32(24-38)20-31-23-37(4-10-43(31)44)56-48(61)53-15-1-17-65-50(63)58-39-6-12-45-33(25-39)19-30-22-36(55-29-60)3-9-42(30)45/h3-14,22-27H,1-2,15-21H2,(H,58,63)(H,59,64)(H2,53,56,61)(H2,54,57,62). The molecule has 6 aromatic rings. The van der Waals surface area contributed by atoms with Crippen LogP contribution in [0.5, 0.6) is 5.75 Å². The SMILES string of the molecule is N#COc1ccc2c(c1)Cc1cc(NC(=O)OCCCNC(=O)Nc3ccc4c(c3)Cc3cc(NC(=O)NCCCOC(=O)Nc5ccc6c(c5)Cc5cc(N=C=O)ccc5-6)ccc3-4)ccc1-2. The Morgan fingerprint density at radius 1 is 0.507 bits per heavy atom. The van der Waals surface area contributed by atoms with E-state index in [1.54, 1.807) is 24.5 Å². The molecule has 16 heteroatoms. The molecule has 0 aromatic heterocycles. The second kappa shape index (κ2) is 19.4. The van der Waals surface area contributed by atoms with Crippen molar-refractivity contribution in [2.75, 3.05) is 47.6 Å². The van der Waals surface area contributed by atoms with Crippen molar-refractivity contribution in [3.05, 3.63) is 143 Å². The average Bonchev–Trinajstić information content (AvgIpc) is 3.98. The van der Waals surface area contributed by atoms with Gasteiger partial charge in [0.2, 0.25) is 6.08 Å². The van der Waals surface area contributed by atoms with Crippen molar-refractivity contribution in [1.29, 1.82) is 5.26 Å². The van der Waals surface area contributed by atoms with Gasteiger partial charge in [0.1, 0.15) is 5.75 Å². The second-order valence-electron chi connectivity index (χ2n) is 16.1. The van der Waals surface area contributed by atoms with Gasteiger partial charge in [-0.1, -0.05) is 36.4 Å². The third kappa shape index (κ3) is 10.1. The van der Waals surface area contributed by atoms with Crippen molar-refractivity contribution in [1.82, 2.24) is 10.6 Å². The van der Waals surface area contributed by atoms with Crippen LogP contribution in [0.1, 0.15) is 46.2 Å². The molecule has 0 fully saturated rings. The number of ether oxygens (including phenoxy) is 3. The molecule has 9 rings (SSSR count). The summed E-state index contributed by atoms with van der Waals surface area (Å²) in [5.41, 5.74) is 15.6. The number of nitriles is 1. The van der Waals surface area contributed by atoms with Crippen LogP contribution in [0.15, 0.2) is 114 Å². The summed E-state index contributed by atoms with van der Waals surface area (Å²) in [4.78, 5) is 64.7. The summed E-state index contributed by atoms with van der Waals surface area (Å²) in [6, 6.07) is 33.1. The predicted octanol–water partition coefficient (Wildman–Crippen LogP) is 9.75. The maximum Gasteiger partial charge on any atom is 0.411 e. The molecule has 0 heterocycles. The van der Waals surface area contributed by atoms with Gasteiger partial charge in [0.05, 0.1) is 18.9 Å². The van der Waals surface area contributed by atoms with Gasteiger partial charge in [-0.3, -0.25) is 10.6 Å². The smallest absolute Gasteiger partial charge is 0.411 e. The molecule has 67 heavy (non-hydrogen) atoms. The van der Waals surface area contributed by atoms with Crippen LogP contribution in [0.2, 0.25) is 0 Å². The number of rotatable bonds is 14. The van der Waals surface area contributed by atoms with Crippen LogP contribution in [0.4, 0.5) is 47.6 Å². The fourth-order valence-corrected chi connectivity index (χ4v) is 8.68. The lowest BCUT2D eigenvalue weighted by molar-refractivity contribution is 0.159. The fourth-order valence-electron chi connectivity index (χ4n) is 8.68. The molecule has 0 unspecified atom stereocenters.